The maximum Gasteiger partial charge on any atom is 0.305 e. The molecular formula is C9H11NO4. The van der Waals surface area contributed by atoms with E-state index in [0.29, 0.717) is 0 Å². The van der Waals surface area contributed by atoms with Crippen molar-refractivity contribution in [2.24, 2.45) is 0 Å². The molecule has 5 nitrogen and oxygen atoms in total. The third-order valence-corrected chi connectivity index (χ3v) is 1.74. The van der Waals surface area contributed by atoms with Gasteiger partial charge in [0.1, 0.15) is 0 Å². The first kappa shape index (κ1) is 10.3. The van der Waals surface area contributed by atoms with Crippen LogP contribution in [0.15, 0.2) is 22.8 Å². The minimum absolute atomic E-state index is 0.0665. The predicted molar refractivity (Wildman–Crippen MR) is 47.9 cm³/mol. The second kappa shape index (κ2) is 4.45. The van der Waals surface area contributed by atoms with Crippen molar-refractivity contribution in [1.82, 2.24) is 4.90 Å². The van der Waals surface area contributed by atoms with E-state index in [1.807, 2.05) is 0 Å². The molecule has 0 aliphatic rings. The van der Waals surface area contributed by atoms with Crippen LogP contribution in [0.2, 0.25) is 0 Å². The molecule has 1 aromatic heterocycles. The smallest absolute Gasteiger partial charge is 0.305 e. The molecule has 0 bridgehead atoms. The number of furan rings is 1. The lowest BCUT2D eigenvalue weighted by atomic mass is 10.3. The van der Waals surface area contributed by atoms with E-state index in [2.05, 4.69) is 0 Å². The number of rotatable bonds is 4. The Bertz CT molecular complexity index is 318. The first-order chi connectivity index (χ1) is 6.61. The quantitative estimate of drug-likeness (QED) is 0.775. The molecule has 76 valence electrons. The largest absolute Gasteiger partial charge is 0.481 e. The molecule has 0 aromatic carbocycles. The number of hydrogen-bond donors (Lipinski definition) is 1. The van der Waals surface area contributed by atoms with E-state index in [4.69, 9.17) is 9.52 Å². The fraction of sp³-hybridized carbons (Fsp3) is 0.333. The fourth-order valence-corrected chi connectivity index (χ4v) is 0.953. The molecule has 0 radical (unpaired) electrons. The van der Waals surface area contributed by atoms with Crippen LogP contribution in [0.25, 0.3) is 0 Å². The molecule has 0 fully saturated rings. The lowest BCUT2D eigenvalue weighted by molar-refractivity contribution is -0.137. The number of nitrogens with zero attached hydrogens (tertiary/aromatic N) is 1. The van der Waals surface area contributed by atoms with Crippen molar-refractivity contribution >= 4 is 11.9 Å². The Morgan fingerprint density at radius 1 is 1.57 bits per heavy atom. The molecule has 0 aliphatic carbocycles. The summed E-state index contributed by atoms with van der Waals surface area (Å²) in [4.78, 5) is 23.0. The van der Waals surface area contributed by atoms with Crippen molar-refractivity contribution in [1.29, 1.82) is 0 Å². The van der Waals surface area contributed by atoms with Crippen molar-refractivity contribution in [3.8, 4) is 0 Å². The molecule has 1 aromatic rings. The van der Waals surface area contributed by atoms with Crippen molar-refractivity contribution < 1.29 is 19.1 Å². The number of hydrogen-bond acceptors (Lipinski definition) is 3. The third-order valence-electron chi connectivity index (χ3n) is 1.74. The van der Waals surface area contributed by atoms with Crippen molar-refractivity contribution in [3.05, 3.63) is 24.2 Å². The minimum Gasteiger partial charge on any atom is -0.481 e. The highest BCUT2D eigenvalue weighted by Crippen LogP contribution is 2.04. The molecule has 1 amide bonds. The van der Waals surface area contributed by atoms with Gasteiger partial charge in [-0.15, -0.1) is 0 Å². The Morgan fingerprint density at radius 2 is 2.29 bits per heavy atom. The second-order valence-corrected chi connectivity index (χ2v) is 2.85. The van der Waals surface area contributed by atoms with Gasteiger partial charge in [0, 0.05) is 13.6 Å². The van der Waals surface area contributed by atoms with Crippen LogP contribution in [0.1, 0.15) is 17.0 Å². The van der Waals surface area contributed by atoms with Gasteiger partial charge < -0.3 is 14.4 Å². The lowest BCUT2D eigenvalue weighted by Gasteiger charge is -2.13. The Kier molecular flexibility index (Phi) is 3.28. The van der Waals surface area contributed by atoms with Gasteiger partial charge in [-0.25, -0.2) is 0 Å². The van der Waals surface area contributed by atoms with E-state index in [-0.39, 0.29) is 24.6 Å². The average Bonchev–Trinajstić information content (AvgIpc) is 2.65. The summed E-state index contributed by atoms with van der Waals surface area (Å²) in [5.74, 6) is -1.02. The molecule has 1 heterocycles. The summed E-state index contributed by atoms with van der Waals surface area (Å²) in [5.41, 5.74) is 0. The van der Waals surface area contributed by atoms with E-state index in [1.54, 1.807) is 12.1 Å². The number of aliphatic carboxylic acids is 1. The molecule has 0 atom stereocenters. The normalized spacial score (nSPS) is 9.79. The van der Waals surface area contributed by atoms with Crippen LogP contribution in [-0.2, 0) is 4.79 Å². The molecule has 5 heteroatoms. The molecule has 0 unspecified atom stereocenters. The van der Waals surface area contributed by atoms with Gasteiger partial charge in [0.25, 0.3) is 5.91 Å². The zero-order chi connectivity index (χ0) is 10.6. The predicted octanol–water partition coefficient (Wildman–Crippen LogP) is 0.826. The van der Waals surface area contributed by atoms with Gasteiger partial charge >= 0.3 is 5.97 Å². The first-order valence-corrected chi connectivity index (χ1v) is 4.12. The molecule has 0 saturated carbocycles. The molecular weight excluding hydrogens is 186 g/mol. The van der Waals surface area contributed by atoms with Crippen LogP contribution in [0, 0.1) is 0 Å². The number of amides is 1. The highest BCUT2D eigenvalue weighted by atomic mass is 16.4. The summed E-state index contributed by atoms with van der Waals surface area (Å²) in [7, 11) is 1.54. The topological polar surface area (TPSA) is 70.8 Å². The Hall–Kier alpha value is -1.78. The summed E-state index contributed by atoms with van der Waals surface area (Å²) in [5, 5.41) is 8.41. The molecule has 14 heavy (non-hydrogen) atoms. The number of carbonyl (C=O) groups excluding carboxylic acids is 1. The summed E-state index contributed by atoms with van der Waals surface area (Å²) >= 11 is 0. The third kappa shape index (κ3) is 2.62. The van der Waals surface area contributed by atoms with Gasteiger partial charge in [0.05, 0.1) is 12.7 Å². The van der Waals surface area contributed by atoms with Crippen LogP contribution >= 0.6 is 0 Å². The van der Waals surface area contributed by atoms with E-state index in [9.17, 15) is 9.59 Å². The van der Waals surface area contributed by atoms with E-state index >= 15 is 0 Å². The Balaban J connectivity index is 2.49. The summed E-state index contributed by atoms with van der Waals surface area (Å²) in [6, 6.07) is 3.15. The Morgan fingerprint density at radius 3 is 2.79 bits per heavy atom. The van der Waals surface area contributed by atoms with Gasteiger partial charge in [-0.1, -0.05) is 0 Å². The average molecular weight is 197 g/mol. The molecule has 0 aliphatic heterocycles. The van der Waals surface area contributed by atoms with Gasteiger partial charge in [0.15, 0.2) is 5.76 Å². The summed E-state index contributed by atoms with van der Waals surface area (Å²) < 4.78 is 4.88. The van der Waals surface area contributed by atoms with Crippen molar-refractivity contribution in [3.63, 3.8) is 0 Å². The molecule has 1 N–H and O–H groups in total. The molecule has 0 spiro atoms. The van der Waals surface area contributed by atoms with Gasteiger partial charge in [0.2, 0.25) is 0 Å². The number of carbonyl (C=O) groups is 2. The summed E-state index contributed by atoms with van der Waals surface area (Å²) in [6.45, 7) is 0.175. The lowest BCUT2D eigenvalue weighted by Crippen LogP contribution is -2.28. The molecule has 1 rings (SSSR count). The zero-order valence-electron chi connectivity index (χ0n) is 7.77. The highest BCUT2D eigenvalue weighted by molar-refractivity contribution is 5.91. The highest BCUT2D eigenvalue weighted by Gasteiger charge is 2.14. The molecule has 0 saturated heterocycles. The maximum absolute atomic E-state index is 11.5. The van der Waals surface area contributed by atoms with Crippen LogP contribution in [0.4, 0.5) is 0 Å². The van der Waals surface area contributed by atoms with E-state index in [1.165, 1.54) is 18.2 Å². The van der Waals surface area contributed by atoms with Gasteiger partial charge in [-0.2, -0.15) is 0 Å². The van der Waals surface area contributed by atoms with Gasteiger partial charge in [-0.05, 0) is 12.1 Å². The number of carboxylic acids is 1. The number of carboxylic acid groups (broad SMARTS) is 1. The standard InChI is InChI=1S/C9H11NO4/c1-10(5-4-8(11)12)9(13)7-3-2-6-14-7/h2-3,6H,4-5H2,1H3,(H,11,12). The summed E-state index contributed by atoms with van der Waals surface area (Å²) in [6.07, 6.45) is 1.33. The first-order valence-electron chi connectivity index (χ1n) is 4.12. The zero-order valence-corrected chi connectivity index (χ0v) is 7.77. The van der Waals surface area contributed by atoms with Crippen LogP contribution in [0.5, 0.6) is 0 Å². The van der Waals surface area contributed by atoms with Crippen LogP contribution < -0.4 is 0 Å². The SMILES string of the molecule is CN(CCC(=O)O)C(=O)c1ccco1. The Labute approximate surface area is 80.9 Å². The fourth-order valence-electron chi connectivity index (χ4n) is 0.953. The van der Waals surface area contributed by atoms with Crippen LogP contribution in [-0.4, -0.2) is 35.5 Å². The van der Waals surface area contributed by atoms with Crippen LogP contribution in [0.3, 0.4) is 0 Å². The second-order valence-electron chi connectivity index (χ2n) is 2.85. The van der Waals surface area contributed by atoms with E-state index < -0.39 is 5.97 Å². The van der Waals surface area contributed by atoms with Crippen molar-refractivity contribution in [2.45, 2.75) is 6.42 Å². The van der Waals surface area contributed by atoms with Crippen molar-refractivity contribution in [2.75, 3.05) is 13.6 Å². The minimum atomic E-state index is -0.927. The maximum atomic E-state index is 11.5. The monoisotopic (exact) mass is 197 g/mol. The van der Waals surface area contributed by atoms with E-state index in [0.717, 1.165) is 0 Å². The van der Waals surface area contributed by atoms with Gasteiger partial charge in [-0.3, -0.25) is 9.59 Å².